The average Bonchev–Trinajstić information content (AvgIpc) is 2.73. The summed E-state index contributed by atoms with van der Waals surface area (Å²) in [6.07, 6.45) is 7.89. The number of nitrogens with two attached hydrogens (primary N) is 1. The zero-order valence-corrected chi connectivity index (χ0v) is 16.8. The van der Waals surface area contributed by atoms with Crippen LogP contribution in [0.1, 0.15) is 44.6 Å². The molecule has 2 aromatic rings. The fourth-order valence-electron chi connectivity index (χ4n) is 3.65. The Balaban J connectivity index is 2.07. The lowest BCUT2D eigenvalue weighted by molar-refractivity contribution is -0.122. The van der Waals surface area contributed by atoms with E-state index in [1.807, 2.05) is 43.3 Å². The molecule has 1 amide bonds. The van der Waals surface area contributed by atoms with Crippen LogP contribution in [0.15, 0.2) is 52.1 Å². The van der Waals surface area contributed by atoms with E-state index >= 15 is 0 Å². The number of nitrogen functional groups attached to an aromatic ring is 1. The highest BCUT2D eigenvalue weighted by molar-refractivity contribution is 5.97. The molecule has 29 heavy (non-hydrogen) atoms. The van der Waals surface area contributed by atoms with Gasteiger partial charge in [0, 0.05) is 12.5 Å². The predicted octanol–water partition coefficient (Wildman–Crippen LogP) is 2.81. The lowest BCUT2D eigenvalue weighted by Gasteiger charge is -2.29. The van der Waals surface area contributed by atoms with Crippen LogP contribution >= 0.6 is 0 Å². The molecule has 3 rings (SSSR count). The van der Waals surface area contributed by atoms with Gasteiger partial charge in [-0.2, -0.15) is 0 Å². The number of H-pyrrole nitrogens is 1. The molecule has 0 unspecified atom stereocenters. The van der Waals surface area contributed by atoms with Crippen LogP contribution in [0.4, 0.5) is 11.5 Å². The minimum absolute atomic E-state index is 0.0443. The quantitative estimate of drug-likeness (QED) is 0.703. The Morgan fingerprint density at radius 1 is 1.24 bits per heavy atom. The molecule has 0 fully saturated rings. The number of aromatic nitrogens is 2. The molecular formula is C22H28N4O3. The van der Waals surface area contributed by atoms with Crippen LogP contribution in [-0.4, -0.2) is 15.5 Å². The predicted molar refractivity (Wildman–Crippen MR) is 115 cm³/mol. The molecule has 1 heterocycles. The maximum Gasteiger partial charge on any atom is 0.330 e. The third kappa shape index (κ3) is 4.67. The van der Waals surface area contributed by atoms with E-state index in [1.54, 1.807) is 0 Å². The summed E-state index contributed by atoms with van der Waals surface area (Å²) in [6.45, 7) is 2.62. The van der Waals surface area contributed by atoms with Crippen LogP contribution in [0.25, 0.3) is 0 Å². The molecule has 0 spiro atoms. The van der Waals surface area contributed by atoms with E-state index < -0.39 is 11.2 Å². The smallest absolute Gasteiger partial charge is 0.330 e. The average molecular weight is 396 g/mol. The molecule has 7 nitrogen and oxygen atoms in total. The van der Waals surface area contributed by atoms with Crippen molar-refractivity contribution in [3.8, 4) is 0 Å². The first-order chi connectivity index (χ1) is 14.0. The summed E-state index contributed by atoms with van der Waals surface area (Å²) in [7, 11) is 0. The second-order valence-electron chi connectivity index (χ2n) is 7.39. The van der Waals surface area contributed by atoms with E-state index in [9.17, 15) is 14.4 Å². The van der Waals surface area contributed by atoms with Gasteiger partial charge in [-0.3, -0.25) is 24.0 Å². The Hall–Kier alpha value is -3.09. The van der Waals surface area contributed by atoms with E-state index in [-0.39, 0.29) is 29.9 Å². The molecular weight excluding hydrogens is 368 g/mol. The van der Waals surface area contributed by atoms with Gasteiger partial charge in [-0.1, -0.05) is 55.8 Å². The van der Waals surface area contributed by atoms with Gasteiger partial charge in [0.2, 0.25) is 5.91 Å². The standard InChI is InChI=1S/C22H28N4O3/c1-2-3-14-25-19(23)18(20(27)24-22(25)29)26(15-16-10-6-4-7-11-16)21(28)17-12-8-5-9-13-17/h4-8,10-11,17H,2-3,9,12-15,23H2,1H3,(H,24,27,29)/t17-/m0/s1. The number of amides is 1. The number of hydrogen-bond acceptors (Lipinski definition) is 4. The molecule has 1 aliphatic rings. The molecule has 7 heteroatoms. The fourth-order valence-corrected chi connectivity index (χ4v) is 3.65. The summed E-state index contributed by atoms with van der Waals surface area (Å²) in [5.41, 5.74) is 6.06. The van der Waals surface area contributed by atoms with Gasteiger partial charge in [-0.25, -0.2) is 4.79 Å². The Morgan fingerprint density at radius 2 is 2.00 bits per heavy atom. The highest BCUT2D eigenvalue weighted by Gasteiger charge is 2.30. The summed E-state index contributed by atoms with van der Waals surface area (Å²) in [5.74, 6) is -0.308. The number of rotatable bonds is 7. The number of nitrogens with one attached hydrogen (secondary N) is 1. The van der Waals surface area contributed by atoms with Crippen LogP contribution in [0, 0.1) is 5.92 Å². The normalized spacial score (nSPS) is 16.0. The zero-order chi connectivity index (χ0) is 20.8. The van der Waals surface area contributed by atoms with Crippen molar-refractivity contribution in [2.45, 2.75) is 52.1 Å². The van der Waals surface area contributed by atoms with E-state index in [0.717, 1.165) is 31.2 Å². The topological polar surface area (TPSA) is 101 Å². The van der Waals surface area contributed by atoms with Gasteiger partial charge in [0.25, 0.3) is 5.56 Å². The Morgan fingerprint density at radius 3 is 2.66 bits per heavy atom. The van der Waals surface area contributed by atoms with Crippen molar-refractivity contribution in [3.05, 3.63) is 68.9 Å². The molecule has 1 aromatic heterocycles. The SMILES string of the molecule is CCCCn1c(N)c(N(Cc2ccccc2)C(=O)[C@H]2CC=CCC2)c(=O)[nH]c1=O. The summed E-state index contributed by atoms with van der Waals surface area (Å²) < 4.78 is 1.35. The highest BCUT2D eigenvalue weighted by Crippen LogP contribution is 2.26. The van der Waals surface area contributed by atoms with Crippen molar-refractivity contribution in [2.24, 2.45) is 5.92 Å². The van der Waals surface area contributed by atoms with Gasteiger partial charge in [0.1, 0.15) is 5.82 Å². The second kappa shape index (κ2) is 9.41. The van der Waals surface area contributed by atoms with Crippen molar-refractivity contribution in [1.82, 2.24) is 9.55 Å². The number of carbonyl (C=O) groups is 1. The van der Waals surface area contributed by atoms with E-state index in [0.29, 0.717) is 13.0 Å². The molecule has 1 aliphatic carbocycles. The van der Waals surface area contributed by atoms with Gasteiger partial charge in [-0.05, 0) is 31.2 Å². The van der Waals surface area contributed by atoms with Gasteiger partial charge in [0.05, 0.1) is 6.54 Å². The van der Waals surface area contributed by atoms with Crippen LogP contribution in [0.5, 0.6) is 0 Å². The molecule has 0 bridgehead atoms. The monoisotopic (exact) mass is 396 g/mol. The molecule has 0 aliphatic heterocycles. The number of aromatic amines is 1. The Labute approximate surface area is 169 Å². The molecule has 0 saturated heterocycles. The van der Waals surface area contributed by atoms with Crippen LogP contribution in [0.3, 0.4) is 0 Å². The number of carbonyl (C=O) groups excluding carboxylic acids is 1. The molecule has 1 aromatic carbocycles. The summed E-state index contributed by atoms with van der Waals surface area (Å²) >= 11 is 0. The van der Waals surface area contributed by atoms with E-state index in [4.69, 9.17) is 5.73 Å². The molecule has 3 N–H and O–H groups in total. The molecule has 0 saturated carbocycles. The van der Waals surface area contributed by atoms with Gasteiger partial charge >= 0.3 is 5.69 Å². The number of unbranched alkanes of at least 4 members (excludes halogenated alkanes) is 1. The van der Waals surface area contributed by atoms with E-state index in [2.05, 4.69) is 11.1 Å². The lowest BCUT2D eigenvalue weighted by Crippen LogP contribution is -2.43. The van der Waals surface area contributed by atoms with Gasteiger partial charge < -0.3 is 5.73 Å². The number of hydrogen-bond donors (Lipinski definition) is 2. The Kier molecular flexibility index (Phi) is 6.69. The van der Waals surface area contributed by atoms with Crippen molar-refractivity contribution in [1.29, 1.82) is 0 Å². The highest BCUT2D eigenvalue weighted by atomic mass is 16.2. The summed E-state index contributed by atoms with van der Waals surface area (Å²) in [5, 5.41) is 0. The maximum absolute atomic E-state index is 13.4. The first-order valence-electron chi connectivity index (χ1n) is 10.2. The van der Waals surface area contributed by atoms with Crippen LogP contribution < -0.4 is 21.9 Å². The number of anilines is 2. The second-order valence-corrected chi connectivity index (χ2v) is 7.39. The molecule has 0 radical (unpaired) electrons. The number of allylic oxidation sites excluding steroid dienone is 2. The summed E-state index contributed by atoms with van der Waals surface area (Å²) in [4.78, 5) is 42.2. The lowest BCUT2D eigenvalue weighted by atomic mass is 9.92. The minimum Gasteiger partial charge on any atom is -0.383 e. The third-order valence-electron chi connectivity index (χ3n) is 5.29. The van der Waals surface area contributed by atoms with Gasteiger partial charge in [0.15, 0.2) is 5.69 Å². The number of benzene rings is 1. The third-order valence-corrected chi connectivity index (χ3v) is 5.29. The van der Waals surface area contributed by atoms with Crippen molar-refractivity contribution in [2.75, 3.05) is 10.6 Å². The van der Waals surface area contributed by atoms with Crippen LogP contribution in [-0.2, 0) is 17.9 Å². The Bertz CT molecular complexity index is 991. The molecule has 1 atom stereocenters. The maximum atomic E-state index is 13.4. The van der Waals surface area contributed by atoms with Crippen molar-refractivity contribution in [3.63, 3.8) is 0 Å². The minimum atomic E-state index is -0.629. The largest absolute Gasteiger partial charge is 0.383 e. The van der Waals surface area contributed by atoms with E-state index in [1.165, 1.54) is 9.47 Å². The number of nitrogens with zero attached hydrogens (tertiary/aromatic N) is 2. The first-order valence-corrected chi connectivity index (χ1v) is 10.2. The first kappa shape index (κ1) is 20.6. The zero-order valence-electron chi connectivity index (χ0n) is 16.8. The fraction of sp³-hybridized carbons (Fsp3) is 0.409. The van der Waals surface area contributed by atoms with Crippen LogP contribution in [0.2, 0.25) is 0 Å². The summed E-state index contributed by atoms with van der Waals surface area (Å²) in [6, 6.07) is 9.47. The van der Waals surface area contributed by atoms with Crippen molar-refractivity contribution < 1.29 is 4.79 Å². The molecule has 154 valence electrons. The van der Waals surface area contributed by atoms with Gasteiger partial charge in [-0.15, -0.1) is 0 Å². The van der Waals surface area contributed by atoms with Crippen molar-refractivity contribution >= 4 is 17.4 Å².